The van der Waals surface area contributed by atoms with Crippen molar-refractivity contribution in [3.8, 4) is 33.2 Å². The second-order valence-corrected chi connectivity index (χ2v) is 21.8. The second kappa shape index (κ2) is 25.1. The SMILES string of the molecule is CC(=O)N1CCN(c2nc(N(CCOCCCOc3cc([C@@H](C(=O)N4CCC[C@H]4C(=O)NCc4ccc(-c5scnc5C)cc4)C(C)C)on3)CCC(=O)N(C)C)nc3c(F)c(-c4cc(O)cc5ccccc45)c(Cl)cc23)CC1. The van der Waals surface area contributed by atoms with E-state index in [9.17, 15) is 24.3 Å². The van der Waals surface area contributed by atoms with Crippen molar-refractivity contribution >= 4 is 80.0 Å². The number of anilines is 2. The Kier molecular flexibility index (Phi) is 17.9. The average molecular weight is 1120 g/mol. The van der Waals surface area contributed by atoms with Crippen LogP contribution in [0, 0.1) is 18.7 Å². The summed E-state index contributed by atoms with van der Waals surface area (Å²) in [7, 11) is 3.36. The number of nitrogens with zero attached hydrogens (tertiary/aromatic N) is 9. The summed E-state index contributed by atoms with van der Waals surface area (Å²) in [5.41, 5.74) is 5.31. The fraction of sp³-hybridized carbons (Fsp3) is 0.414. The Labute approximate surface area is 467 Å². The van der Waals surface area contributed by atoms with Crippen LogP contribution < -0.4 is 19.9 Å². The summed E-state index contributed by atoms with van der Waals surface area (Å²) >= 11 is 8.58. The Hall–Kier alpha value is -7.42. The number of phenols is 1. The minimum absolute atomic E-state index is 0.00247. The molecule has 18 nitrogen and oxygen atoms in total. The minimum Gasteiger partial charge on any atom is -0.508 e. The monoisotopic (exact) mass is 1120 g/mol. The molecule has 2 aliphatic heterocycles. The smallest absolute Gasteiger partial charge is 0.254 e. The Morgan fingerprint density at radius 1 is 0.949 bits per heavy atom. The molecule has 21 heteroatoms. The van der Waals surface area contributed by atoms with Crippen molar-refractivity contribution < 1.29 is 42.7 Å². The van der Waals surface area contributed by atoms with Gasteiger partial charge in [-0.05, 0) is 76.5 Å². The van der Waals surface area contributed by atoms with Crippen LogP contribution >= 0.6 is 22.9 Å². The van der Waals surface area contributed by atoms with Gasteiger partial charge in [0.1, 0.15) is 29.0 Å². The van der Waals surface area contributed by atoms with E-state index in [-0.39, 0.29) is 103 Å². The Morgan fingerprint density at radius 3 is 2.44 bits per heavy atom. The number of carbonyl (C=O) groups is 4. The van der Waals surface area contributed by atoms with E-state index >= 15 is 4.39 Å². The molecule has 2 N–H and O–H groups in total. The van der Waals surface area contributed by atoms with Gasteiger partial charge < -0.3 is 48.9 Å². The number of benzene rings is 4. The Morgan fingerprint density at radius 2 is 1.72 bits per heavy atom. The van der Waals surface area contributed by atoms with Crippen molar-refractivity contribution in [2.75, 3.05) is 89.5 Å². The van der Waals surface area contributed by atoms with Crippen molar-refractivity contribution in [1.29, 1.82) is 0 Å². The molecule has 2 atom stereocenters. The number of aryl methyl sites for hydroxylation is 1. The van der Waals surface area contributed by atoms with Crippen molar-refractivity contribution in [3.05, 3.63) is 106 Å². The maximum absolute atomic E-state index is 17.4. The van der Waals surface area contributed by atoms with Crippen LogP contribution in [0.3, 0.4) is 0 Å². The van der Waals surface area contributed by atoms with Gasteiger partial charge in [-0.25, -0.2) is 14.4 Å². The third-order valence-electron chi connectivity index (χ3n) is 14.6. The molecule has 0 saturated carbocycles. The predicted octanol–water partition coefficient (Wildman–Crippen LogP) is 8.85. The van der Waals surface area contributed by atoms with E-state index in [1.165, 1.54) is 17.9 Å². The molecule has 0 aliphatic carbocycles. The van der Waals surface area contributed by atoms with Gasteiger partial charge in [-0.1, -0.05) is 74.0 Å². The highest BCUT2D eigenvalue weighted by molar-refractivity contribution is 7.13. The number of amides is 4. The van der Waals surface area contributed by atoms with Crippen LogP contribution in [0.25, 0.3) is 43.2 Å². The van der Waals surface area contributed by atoms with Gasteiger partial charge in [-0.3, -0.25) is 19.2 Å². The number of thiazole rings is 1. The number of aromatic hydroxyl groups is 1. The molecule has 4 aromatic carbocycles. The fourth-order valence-corrected chi connectivity index (χ4v) is 11.4. The second-order valence-electron chi connectivity index (χ2n) is 20.5. The number of carbonyl (C=O) groups excluding carboxylic acids is 4. The van der Waals surface area contributed by atoms with Crippen molar-refractivity contribution in [2.24, 2.45) is 5.92 Å². The van der Waals surface area contributed by atoms with E-state index in [4.69, 9.17) is 35.6 Å². The number of hydrogen-bond donors (Lipinski definition) is 2. The quantitative estimate of drug-likeness (QED) is 0.0647. The summed E-state index contributed by atoms with van der Waals surface area (Å²) in [6, 6.07) is 21.1. The molecule has 2 aliphatic rings. The van der Waals surface area contributed by atoms with Crippen LogP contribution in [-0.2, 0) is 30.5 Å². The molecule has 0 radical (unpaired) electrons. The number of piperazine rings is 1. The first-order valence-corrected chi connectivity index (χ1v) is 27.9. The lowest BCUT2D eigenvalue weighted by Gasteiger charge is -2.36. The van der Waals surface area contributed by atoms with Crippen LogP contribution in [0.15, 0.2) is 82.8 Å². The summed E-state index contributed by atoms with van der Waals surface area (Å²) in [6.07, 6.45) is 1.84. The summed E-state index contributed by atoms with van der Waals surface area (Å²) in [5.74, 6) is -0.995. The lowest BCUT2D eigenvalue weighted by atomic mass is 9.91. The van der Waals surface area contributed by atoms with Crippen LogP contribution in [0.5, 0.6) is 11.6 Å². The van der Waals surface area contributed by atoms with Gasteiger partial charge >= 0.3 is 0 Å². The number of nitrogens with one attached hydrogen (secondary N) is 1. The summed E-state index contributed by atoms with van der Waals surface area (Å²) in [5, 5.41) is 19.8. The zero-order chi connectivity index (χ0) is 55.9. The van der Waals surface area contributed by atoms with E-state index in [0.717, 1.165) is 21.7 Å². The van der Waals surface area contributed by atoms with Gasteiger partial charge in [0.15, 0.2) is 11.6 Å². The maximum Gasteiger partial charge on any atom is 0.254 e. The van der Waals surface area contributed by atoms with E-state index in [2.05, 4.69) is 15.5 Å². The molecule has 79 heavy (non-hydrogen) atoms. The largest absolute Gasteiger partial charge is 0.508 e. The Bertz CT molecular complexity index is 3330. The molecular weight excluding hydrogens is 1050 g/mol. The number of phenolic OH excluding ortho intramolecular Hbond substituents is 1. The van der Waals surface area contributed by atoms with Gasteiger partial charge in [0.2, 0.25) is 29.6 Å². The first kappa shape index (κ1) is 56.3. The molecule has 416 valence electrons. The molecule has 0 spiro atoms. The maximum atomic E-state index is 17.4. The highest BCUT2D eigenvalue weighted by Crippen LogP contribution is 2.43. The van der Waals surface area contributed by atoms with Crippen LogP contribution in [0.2, 0.25) is 5.02 Å². The van der Waals surface area contributed by atoms with Crippen molar-refractivity contribution in [3.63, 3.8) is 0 Å². The van der Waals surface area contributed by atoms with Crippen LogP contribution in [0.4, 0.5) is 16.2 Å². The zero-order valence-corrected chi connectivity index (χ0v) is 46.9. The van der Waals surface area contributed by atoms with Crippen LogP contribution in [-0.4, -0.2) is 149 Å². The zero-order valence-electron chi connectivity index (χ0n) is 45.3. The number of rotatable bonds is 21. The third kappa shape index (κ3) is 12.9. The lowest BCUT2D eigenvalue weighted by molar-refractivity contribution is -0.140. The van der Waals surface area contributed by atoms with Crippen molar-refractivity contribution in [1.82, 2.24) is 40.1 Å². The fourth-order valence-electron chi connectivity index (χ4n) is 10.3. The van der Waals surface area contributed by atoms with Gasteiger partial charge in [0.05, 0.1) is 34.3 Å². The highest BCUT2D eigenvalue weighted by atomic mass is 35.5. The van der Waals surface area contributed by atoms with Gasteiger partial charge in [0, 0.05) is 110 Å². The van der Waals surface area contributed by atoms with E-state index in [0.29, 0.717) is 91.8 Å². The summed E-state index contributed by atoms with van der Waals surface area (Å²) in [6.45, 7) is 11.0. The summed E-state index contributed by atoms with van der Waals surface area (Å²) in [4.78, 5) is 77.2. The molecular formula is C58H66ClFN10O8S. The number of halogens is 2. The number of ether oxygens (including phenoxy) is 2. The number of aromatic nitrogens is 4. The minimum atomic E-state index is -0.700. The molecule has 9 rings (SSSR count). The Balaban J connectivity index is 0.845. The van der Waals surface area contributed by atoms with E-state index in [1.807, 2.05) is 79.7 Å². The average Bonchev–Trinajstić information content (AvgIpc) is 4.28. The molecule has 2 saturated heterocycles. The van der Waals surface area contributed by atoms with E-state index in [1.54, 1.807) is 58.3 Å². The molecule has 5 heterocycles. The topological polar surface area (TPSA) is 200 Å². The van der Waals surface area contributed by atoms with Gasteiger partial charge in [0.25, 0.3) is 5.88 Å². The normalized spacial score (nSPS) is 15.1. The van der Waals surface area contributed by atoms with Gasteiger partial charge in [-0.15, -0.1) is 11.3 Å². The van der Waals surface area contributed by atoms with E-state index < -0.39 is 17.8 Å². The first-order valence-electron chi connectivity index (χ1n) is 26.7. The molecule has 2 fully saturated rings. The molecule has 3 aromatic heterocycles. The number of fused-ring (bicyclic) bond motifs is 2. The first-order chi connectivity index (χ1) is 38.1. The number of likely N-dealkylation sites (tertiary alicyclic amines) is 1. The molecule has 4 amide bonds. The molecule has 0 bridgehead atoms. The number of hydrogen-bond acceptors (Lipinski definition) is 15. The van der Waals surface area contributed by atoms with Gasteiger partial charge in [-0.2, -0.15) is 4.98 Å². The molecule has 7 aromatic rings. The van der Waals surface area contributed by atoms with Crippen molar-refractivity contribution in [2.45, 2.75) is 71.9 Å². The lowest BCUT2D eigenvalue weighted by Crippen LogP contribution is -2.48. The predicted molar refractivity (Wildman–Crippen MR) is 303 cm³/mol. The van der Waals surface area contributed by atoms with Crippen LogP contribution in [0.1, 0.15) is 69.4 Å². The highest BCUT2D eigenvalue weighted by Gasteiger charge is 2.40. The molecule has 0 unspecified atom stereocenters. The third-order valence-corrected chi connectivity index (χ3v) is 15.8. The summed E-state index contributed by atoms with van der Waals surface area (Å²) < 4.78 is 35.2. The standard InChI is InChI=1S/C58H66ClFN10O8S/c1-35(2)50(57(75)70-19-9-13-46(70)56(74)61-33-38-14-16-39(17-15-38)54-36(3)62-34-79-54)47-32-48(65-78-47)77-27-10-26-76-28-25-69(20-18-49(73)66(5)6)58-63-53-44(55(64-58)68-23-21-67(22-24-68)37(4)71)31-45(59)51(52(53)60)43-30-41(72)29-40-11-7-8-12-42(40)43/h7-8,11-12,14-17,29-32,34-35,46,50,72H,9-10,13,18-28,33H2,1-6H3,(H,61,74)/t46-,50-/m0/s1.